The summed E-state index contributed by atoms with van der Waals surface area (Å²) < 4.78 is 5.53. The fourth-order valence-corrected chi connectivity index (χ4v) is 2.99. The van der Waals surface area contributed by atoms with Crippen molar-refractivity contribution in [3.05, 3.63) is 6.33 Å². The Morgan fingerprint density at radius 2 is 2.26 bits per heavy atom. The molecule has 0 aliphatic carbocycles. The van der Waals surface area contributed by atoms with Gasteiger partial charge in [-0.25, -0.2) is 9.97 Å². The molecule has 1 aromatic heterocycles. The number of thioether (sulfide) groups is 1. The van der Waals surface area contributed by atoms with Crippen LogP contribution in [0.2, 0.25) is 0 Å². The highest BCUT2D eigenvalue weighted by molar-refractivity contribution is 7.99. The maximum Gasteiger partial charge on any atom is 0.204 e. The van der Waals surface area contributed by atoms with Crippen LogP contribution in [0.5, 0.6) is 5.75 Å². The SMILES string of the molecule is CCCNc1ncnc(N2CCCSCC2)c1OC. The van der Waals surface area contributed by atoms with Gasteiger partial charge >= 0.3 is 0 Å². The maximum absolute atomic E-state index is 5.53. The van der Waals surface area contributed by atoms with Crippen molar-refractivity contribution in [2.75, 3.05) is 48.5 Å². The number of hydrogen-bond acceptors (Lipinski definition) is 6. The molecule has 1 aromatic rings. The molecule has 0 saturated carbocycles. The Morgan fingerprint density at radius 3 is 3.05 bits per heavy atom. The third-order valence-electron chi connectivity index (χ3n) is 3.05. The summed E-state index contributed by atoms with van der Waals surface area (Å²) in [6.07, 6.45) is 3.87. The zero-order valence-corrected chi connectivity index (χ0v) is 12.5. The predicted octanol–water partition coefficient (Wildman–Crippen LogP) is 2.25. The number of ether oxygens (including phenoxy) is 1. The molecule has 0 atom stereocenters. The minimum Gasteiger partial charge on any atom is -0.490 e. The first-order chi connectivity index (χ1) is 9.36. The molecule has 0 radical (unpaired) electrons. The Labute approximate surface area is 119 Å². The molecule has 0 unspecified atom stereocenters. The van der Waals surface area contributed by atoms with Crippen molar-refractivity contribution in [2.24, 2.45) is 0 Å². The molecule has 0 bridgehead atoms. The minimum absolute atomic E-state index is 0.767. The summed E-state index contributed by atoms with van der Waals surface area (Å²) in [4.78, 5) is 11.0. The highest BCUT2D eigenvalue weighted by Crippen LogP contribution is 2.32. The number of hydrogen-bond donors (Lipinski definition) is 1. The molecule has 1 saturated heterocycles. The molecule has 0 amide bonds. The first-order valence-corrected chi connectivity index (χ1v) is 7.97. The fourth-order valence-electron chi connectivity index (χ4n) is 2.10. The fraction of sp³-hybridized carbons (Fsp3) is 0.692. The van der Waals surface area contributed by atoms with Crippen molar-refractivity contribution in [2.45, 2.75) is 19.8 Å². The van der Waals surface area contributed by atoms with Gasteiger partial charge in [0.05, 0.1) is 7.11 Å². The van der Waals surface area contributed by atoms with Crippen LogP contribution in [0, 0.1) is 0 Å². The van der Waals surface area contributed by atoms with Gasteiger partial charge in [0.1, 0.15) is 6.33 Å². The number of nitrogens with one attached hydrogen (secondary N) is 1. The van der Waals surface area contributed by atoms with Crippen LogP contribution < -0.4 is 15.0 Å². The summed E-state index contributed by atoms with van der Waals surface area (Å²) in [5.74, 6) is 4.85. The highest BCUT2D eigenvalue weighted by atomic mass is 32.2. The van der Waals surface area contributed by atoms with Crippen LogP contribution in [0.3, 0.4) is 0 Å². The second-order valence-corrected chi connectivity index (χ2v) is 5.68. The van der Waals surface area contributed by atoms with Crippen molar-refractivity contribution >= 4 is 23.4 Å². The summed E-state index contributed by atoms with van der Waals surface area (Å²) in [6.45, 7) is 5.08. The van der Waals surface area contributed by atoms with Gasteiger partial charge < -0.3 is 15.0 Å². The average molecular weight is 282 g/mol. The van der Waals surface area contributed by atoms with E-state index in [4.69, 9.17) is 4.74 Å². The van der Waals surface area contributed by atoms with E-state index in [0.717, 1.165) is 49.2 Å². The largest absolute Gasteiger partial charge is 0.490 e. The molecule has 2 heterocycles. The molecular weight excluding hydrogens is 260 g/mol. The highest BCUT2D eigenvalue weighted by Gasteiger charge is 2.19. The van der Waals surface area contributed by atoms with Crippen LogP contribution in [-0.2, 0) is 0 Å². The first-order valence-electron chi connectivity index (χ1n) is 6.82. The topological polar surface area (TPSA) is 50.3 Å². The number of rotatable bonds is 5. The van der Waals surface area contributed by atoms with Crippen LogP contribution in [0.1, 0.15) is 19.8 Å². The molecule has 1 N–H and O–H groups in total. The predicted molar refractivity (Wildman–Crippen MR) is 81.5 cm³/mol. The lowest BCUT2D eigenvalue weighted by molar-refractivity contribution is 0.412. The Bertz CT molecular complexity index is 394. The Balaban J connectivity index is 2.22. The lowest BCUT2D eigenvalue weighted by Crippen LogP contribution is -2.27. The van der Waals surface area contributed by atoms with Gasteiger partial charge in [-0.2, -0.15) is 11.8 Å². The van der Waals surface area contributed by atoms with Gasteiger partial charge in [0.15, 0.2) is 11.6 Å². The van der Waals surface area contributed by atoms with E-state index >= 15 is 0 Å². The quantitative estimate of drug-likeness (QED) is 0.894. The number of aromatic nitrogens is 2. The number of anilines is 2. The van der Waals surface area contributed by atoms with E-state index < -0.39 is 0 Å². The van der Waals surface area contributed by atoms with Gasteiger partial charge in [0.2, 0.25) is 5.75 Å². The Kier molecular flexibility index (Phi) is 5.57. The zero-order valence-electron chi connectivity index (χ0n) is 11.7. The molecule has 0 aromatic carbocycles. The standard InChI is InChI=1S/C13H22N4OS/c1-3-5-14-12-11(18-2)13(16-10-15-12)17-6-4-8-19-9-7-17/h10H,3-9H2,1-2H3,(H,14,15,16). The smallest absolute Gasteiger partial charge is 0.204 e. The van der Waals surface area contributed by atoms with Crippen molar-refractivity contribution in [1.29, 1.82) is 0 Å². The minimum atomic E-state index is 0.767. The third-order valence-corrected chi connectivity index (χ3v) is 4.10. The summed E-state index contributed by atoms with van der Waals surface area (Å²) in [5.41, 5.74) is 0. The molecule has 106 valence electrons. The van der Waals surface area contributed by atoms with Crippen LogP contribution in [0.15, 0.2) is 6.33 Å². The second kappa shape index (κ2) is 7.43. The van der Waals surface area contributed by atoms with Gasteiger partial charge in [0.25, 0.3) is 0 Å². The van der Waals surface area contributed by atoms with E-state index in [-0.39, 0.29) is 0 Å². The Hall–Kier alpha value is -1.17. The van der Waals surface area contributed by atoms with Crippen LogP contribution in [0.4, 0.5) is 11.6 Å². The van der Waals surface area contributed by atoms with Gasteiger partial charge in [-0.05, 0) is 18.6 Å². The molecule has 5 nitrogen and oxygen atoms in total. The summed E-state index contributed by atoms with van der Waals surface area (Å²) in [5, 5.41) is 3.30. The van der Waals surface area contributed by atoms with E-state index in [9.17, 15) is 0 Å². The molecule has 2 rings (SSSR count). The third kappa shape index (κ3) is 3.65. The van der Waals surface area contributed by atoms with E-state index in [2.05, 4.69) is 27.1 Å². The van der Waals surface area contributed by atoms with E-state index in [1.165, 1.54) is 12.2 Å². The monoisotopic (exact) mass is 282 g/mol. The molecule has 6 heteroatoms. The molecule has 1 fully saturated rings. The van der Waals surface area contributed by atoms with Gasteiger partial charge in [-0.15, -0.1) is 0 Å². The van der Waals surface area contributed by atoms with E-state index in [1.807, 2.05) is 11.8 Å². The second-order valence-electron chi connectivity index (χ2n) is 4.46. The molecule has 0 spiro atoms. The van der Waals surface area contributed by atoms with Gasteiger partial charge in [-0.1, -0.05) is 6.92 Å². The van der Waals surface area contributed by atoms with E-state index in [0.29, 0.717) is 0 Å². The van der Waals surface area contributed by atoms with E-state index in [1.54, 1.807) is 13.4 Å². The van der Waals surface area contributed by atoms with Gasteiger partial charge in [0, 0.05) is 25.4 Å². The molecule has 19 heavy (non-hydrogen) atoms. The molecular formula is C13H22N4OS. The number of nitrogens with zero attached hydrogens (tertiary/aromatic N) is 3. The van der Waals surface area contributed by atoms with Crippen LogP contribution in [-0.4, -0.2) is 48.2 Å². The van der Waals surface area contributed by atoms with Crippen molar-refractivity contribution < 1.29 is 4.74 Å². The van der Waals surface area contributed by atoms with Crippen molar-refractivity contribution in [3.8, 4) is 5.75 Å². The van der Waals surface area contributed by atoms with Crippen LogP contribution in [0.25, 0.3) is 0 Å². The normalized spacial score (nSPS) is 16.0. The van der Waals surface area contributed by atoms with Gasteiger partial charge in [-0.3, -0.25) is 0 Å². The lowest BCUT2D eigenvalue weighted by atomic mass is 10.3. The zero-order chi connectivity index (χ0) is 13.5. The average Bonchev–Trinajstić information content (AvgIpc) is 2.73. The first kappa shape index (κ1) is 14.2. The summed E-state index contributed by atoms with van der Waals surface area (Å²) in [7, 11) is 1.69. The molecule has 1 aliphatic heterocycles. The van der Waals surface area contributed by atoms with Crippen LogP contribution >= 0.6 is 11.8 Å². The van der Waals surface area contributed by atoms with Crippen molar-refractivity contribution in [3.63, 3.8) is 0 Å². The summed E-state index contributed by atoms with van der Waals surface area (Å²) in [6, 6.07) is 0. The Morgan fingerprint density at radius 1 is 1.37 bits per heavy atom. The number of methoxy groups -OCH3 is 1. The molecule has 1 aliphatic rings. The lowest BCUT2D eigenvalue weighted by Gasteiger charge is -2.23. The maximum atomic E-state index is 5.53. The van der Waals surface area contributed by atoms with Crippen molar-refractivity contribution in [1.82, 2.24) is 9.97 Å². The summed E-state index contributed by atoms with van der Waals surface area (Å²) >= 11 is 2.00.